The minimum atomic E-state index is -0.314. The first-order valence-corrected chi connectivity index (χ1v) is 7.79. The molecule has 0 radical (unpaired) electrons. The van der Waals surface area contributed by atoms with Gasteiger partial charge in [0.05, 0.1) is 23.1 Å². The summed E-state index contributed by atoms with van der Waals surface area (Å²) in [5, 5.41) is 19.6. The van der Waals surface area contributed by atoms with Crippen molar-refractivity contribution in [3.63, 3.8) is 0 Å². The summed E-state index contributed by atoms with van der Waals surface area (Å²) in [6.45, 7) is 0. The molecule has 120 valence electrons. The summed E-state index contributed by atoms with van der Waals surface area (Å²) in [6.07, 6.45) is 1.96. The van der Waals surface area contributed by atoms with Gasteiger partial charge in [0, 0.05) is 24.2 Å². The topological polar surface area (TPSA) is 87.8 Å². The van der Waals surface area contributed by atoms with Crippen LogP contribution in [0.5, 0.6) is 5.75 Å². The number of nitrogens with zero attached hydrogens (tertiary/aromatic N) is 3. The number of rotatable bonds is 1. The average Bonchev–Trinajstić information content (AvgIpc) is 3.02. The Bertz CT molecular complexity index is 1110. The number of aryl methyl sites for hydroxylation is 1. The van der Waals surface area contributed by atoms with Gasteiger partial charge in [-0.25, -0.2) is 0 Å². The van der Waals surface area contributed by atoms with Crippen LogP contribution in [0.4, 0.5) is 0 Å². The standard InChI is InChI=1S/C20H14N4O/c1-24-9-8-14-17(24)7-6-15-18(13-4-2-12(10-21)3-5-13)16(11-22)20(23)25-19(14)15/h2-9,18H,23H2,1H3. The van der Waals surface area contributed by atoms with Gasteiger partial charge in [0.15, 0.2) is 0 Å². The van der Waals surface area contributed by atoms with E-state index in [1.165, 1.54) is 0 Å². The molecule has 0 amide bonds. The summed E-state index contributed by atoms with van der Waals surface area (Å²) >= 11 is 0. The van der Waals surface area contributed by atoms with Gasteiger partial charge in [-0.15, -0.1) is 0 Å². The maximum Gasteiger partial charge on any atom is 0.205 e. The van der Waals surface area contributed by atoms with Crippen LogP contribution >= 0.6 is 0 Å². The molecule has 1 aliphatic heterocycles. The van der Waals surface area contributed by atoms with Crippen LogP contribution in [0.3, 0.4) is 0 Å². The zero-order valence-electron chi connectivity index (χ0n) is 13.5. The molecule has 0 saturated heterocycles. The maximum atomic E-state index is 9.61. The normalized spacial score (nSPS) is 16.0. The Morgan fingerprint density at radius 2 is 1.80 bits per heavy atom. The van der Waals surface area contributed by atoms with Gasteiger partial charge in [0.1, 0.15) is 17.4 Å². The number of nitriles is 2. The Morgan fingerprint density at radius 3 is 2.48 bits per heavy atom. The lowest BCUT2D eigenvalue weighted by atomic mass is 9.83. The molecule has 0 aliphatic carbocycles. The predicted molar refractivity (Wildman–Crippen MR) is 93.4 cm³/mol. The molecule has 0 saturated carbocycles. The third kappa shape index (κ3) is 2.14. The molecule has 1 unspecified atom stereocenters. The fourth-order valence-corrected chi connectivity index (χ4v) is 3.36. The first kappa shape index (κ1) is 14.9. The first-order chi connectivity index (χ1) is 12.1. The lowest BCUT2D eigenvalue weighted by molar-refractivity contribution is 0.398. The number of hydrogen-bond acceptors (Lipinski definition) is 4. The van der Waals surface area contributed by atoms with Gasteiger partial charge < -0.3 is 15.0 Å². The molecule has 5 nitrogen and oxygen atoms in total. The van der Waals surface area contributed by atoms with Crippen LogP contribution in [0.15, 0.2) is 60.1 Å². The summed E-state index contributed by atoms with van der Waals surface area (Å²) < 4.78 is 7.84. The highest BCUT2D eigenvalue weighted by atomic mass is 16.5. The molecule has 2 N–H and O–H groups in total. The molecular formula is C20H14N4O. The SMILES string of the molecule is Cn1ccc2c3c(ccc21)C(c1ccc(C#N)cc1)C(C#N)=C(N)O3. The molecule has 1 aliphatic rings. The Morgan fingerprint density at radius 1 is 1.04 bits per heavy atom. The van der Waals surface area contributed by atoms with E-state index in [0.717, 1.165) is 22.0 Å². The molecule has 0 spiro atoms. The molecule has 2 aromatic carbocycles. The van der Waals surface area contributed by atoms with Crippen molar-refractivity contribution in [2.75, 3.05) is 0 Å². The van der Waals surface area contributed by atoms with E-state index in [1.807, 2.05) is 48.1 Å². The molecule has 1 aromatic heterocycles. The Labute approximate surface area is 144 Å². The second kappa shape index (κ2) is 5.43. The summed E-state index contributed by atoms with van der Waals surface area (Å²) in [4.78, 5) is 0. The van der Waals surface area contributed by atoms with E-state index in [1.54, 1.807) is 12.1 Å². The Balaban J connectivity index is 1.98. The van der Waals surface area contributed by atoms with E-state index in [-0.39, 0.29) is 11.8 Å². The number of ether oxygens (including phenoxy) is 1. The second-order valence-electron chi connectivity index (χ2n) is 6.00. The van der Waals surface area contributed by atoms with E-state index in [9.17, 15) is 5.26 Å². The monoisotopic (exact) mass is 326 g/mol. The van der Waals surface area contributed by atoms with Crippen molar-refractivity contribution in [3.8, 4) is 17.9 Å². The van der Waals surface area contributed by atoms with Crippen molar-refractivity contribution in [3.05, 3.63) is 76.8 Å². The van der Waals surface area contributed by atoms with E-state index >= 15 is 0 Å². The van der Waals surface area contributed by atoms with Crippen LogP contribution in [0.2, 0.25) is 0 Å². The predicted octanol–water partition coefficient (Wildman–Crippen LogP) is 3.27. The number of allylic oxidation sites excluding steroid dienone is 1. The lowest BCUT2D eigenvalue weighted by Crippen LogP contribution is -2.21. The van der Waals surface area contributed by atoms with Gasteiger partial charge in [-0.1, -0.05) is 18.2 Å². The highest BCUT2D eigenvalue weighted by molar-refractivity contribution is 5.89. The second-order valence-corrected chi connectivity index (χ2v) is 6.00. The Kier molecular flexibility index (Phi) is 3.23. The highest BCUT2D eigenvalue weighted by Crippen LogP contribution is 2.45. The quantitative estimate of drug-likeness (QED) is 0.743. The fourth-order valence-electron chi connectivity index (χ4n) is 3.36. The number of hydrogen-bond donors (Lipinski definition) is 1. The minimum absolute atomic E-state index is 0.126. The molecule has 2 heterocycles. The van der Waals surface area contributed by atoms with Crippen LogP contribution in [0.1, 0.15) is 22.6 Å². The van der Waals surface area contributed by atoms with Crippen molar-refractivity contribution in [2.24, 2.45) is 12.8 Å². The van der Waals surface area contributed by atoms with Crippen LogP contribution in [-0.4, -0.2) is 4.57 Å². The van der Waals surface area contributed by atoms with E-state index in [0.29, 0.717) is 16.9 Å². The van der Waals surface area contributed by atoms with E-state index < -0.39 is 0 Å². The summed E-state index contributed by atoms with van der Waals surface area (Å²) in [6, 6.07) is 17.5. The molecule has 5 heteroatoms. The van der Waals surface area contributed by atoms with Crippen LogP contribution < -0.4 is 10.5 Å². The fraction of sp³-hybridized carbons (Fsp3) is 0.100. The van der Waals surface area contributed by atoms with E-state index in [2.05, 4.69) is 12.1 Å². The van der Waals surface area contributed by atoms with Gasteiger partial charge in [0.25, 0.3) is 0 Å². The Hall–Kier alpha value is -3.70. The molecule has 4 rings (SSSR count). The third-order valence-electron chi connectivity index (χ3n) is 4.62. The van der Waals surface area contributed by atoms with Crippen LogP contribution in [0.25, 0.3) is 10.9 Å². The highest BCUT2D eigenvalue weighted by Gasteiger charge is 2.31. The van der Waals surface area contributed by atoms with Crippen LogP contribution in [0, 0.1) is 22.7 Å². The molecular weight excluding hydrogens is 312 g/mol. The minimum Gasteiger partial charge on any atom is -0.439 e. The molecule has 1 atom stereocenters. The molecule has 3 aromatic rings. The zero-order chi connectivity index (χ0) is 17.6. The average molecular weight is 326 g/mol. The van der Waals surface area contributed by atoms with Gasteiger partial charge >= 0.3 is 0 Å². The largest absolute Gasteiger partial charge is 0.439 e. The number of benzene rings is 2. The molecule has 0 bridgehead atoms. The van der Waals surface area contributed by atoms with Crippen molar-refractivity contribution in [1.82, 2.24) is 4.57 Å². The molecule has 25 heavy (non-hydrogen) atoms. The van der Waals surface area contributed by atoms with Crippen LogP contribution in [-0.2, 0) is 7.05 Å². The van der Waals surface area contributed by atoms with Gasteiger partial charge in [-0.05, 0) is 29.8 Å². The number of fused-ring (bicyclic) bond motifs is 3. The van der Waals surface area contributed by atoms with E-state index in [4.69, 9.17) is 15.7 Å². The van der Waals surface area contributed by atoms with Crippen molar-refractivity contribution in [1.29, 1.82) is 10.5 Å². The maximum absolute atomic E-state index is 9.61. The summed E-state index contributed by atoms with van der Waals surface area (Å²) in [5.74, 6) is 0.496. The van der Waals surface area contributed by atoms with Gasteiger partial charge in [-0.3, -0.25) is 0 Å². The smallest absolute Gasteiger partial charge is 0.205 e. The first-order valence-electron chi connectivity index (χ1n) is 7.79. The summed E-state index contributed by atoms with van der Waals surface area (Å²) in [5.41, 5.74) is 9.85. The lowest BCUT2D eigenvalue weighted by Gasteiger charge is -2.27. The number of nitrogens with two attached hydrogens (primary N) is 1. The van der Waals surface area contributed by atoms with Crippen molar-refractivity contribution >= 4 is 10.9 Å². The number of aromatic nitrogens is 1. The van der Waals surface area contributed by atoms with Gasteiger partial charge in [-0.2, -0.15) is 10.5 Å². The van der Waals surface area contributed by atoms with Gasteiger partial charge in [0.2, 0.25) is 5.88 Å². The third-order valence-corrected chi connectivity index (χ3v) is 4.62. The van der Waals surface area contributed by atoms with Crippen molar-refractivity contribution in [2.45, 2.75) is 5.92 Å². The molecule has 0 fully saturated rings. The van der Waals surface area contributed by atoms with Crippen molar-refractivity contribution < 1.29 is 4.74 Å². The summed E-state index contributed by atoms with van der Waals surface area (Å²) in [7, 11) is 1.97. The zero-order valence-corrected chi connectivity index (χ0v) is 13.5.